The van der Waals surface area contributed by atoms with Gasteiger partial charge < -0.3 is 9.47 Å². The highest BCUT2D eigenvalue weighted by atomic mass is 16.5. The molecule has 0 N–H and O–H groups in total. The lowest BCUT2D eigenvalue weighted by Gasteiger charge is -2.37. The van der Waals surface area contributed by atoms with Gasteiger partial charge in [0.2, 0.25) is 11.8 Å². The van der Waals surface area contributed by atoms with E-state index in [-0.39, 0.29) is 48.1 Å². The molecule has 0 radical (unpaired) electrons. The molecule has 1 saturated heterocycles. The van der Waals surface area contributed by atoms with E-state index in [1.807, 2.05) is 6.07 Å². The number of amides is 3. The molecule has 5 aliphatic rings. The second-order valence-corrected chi connectivity index (χ2v) is 9.54. The van der Waals surface area contributed by atoms with Crippen LogP contribution in [0.4, 0.5) is 5.69 Å². The van der Waals surface area contributed by atoms with Gasteiger partial charge >= 0.3 is 0 Å². The molecule has 2 saturated carbocycles. The number of ether oxygens (including phenoxy) is 2. The molecule has 3 fully saturated rings. The van der Waals surface area contributed by atoms with Crippen LogP contribution < -0.4 is 14.4 Å². The van der Waals surface area contributed by atoms with Gasteiger partial charge in [-0.2, -0.15) is 0 Å². The Morgan fingerprint density at radius 2 is 1.62 bits per heavy atom. The Hall–Kier alpha value is -3.61. The highest BCUT2D eigenvalue weighted by molar-refractivity contribution is 6.10. The molecule has 3 amide bonds. The first-order valence-corrected chi connectivity index (χ1v) is 11.7. The lowest BCUT2D eigenvalue weighted by Crippen LogP contribution is -2.45. The van der Waals surface area contributed by atoms with E-state index in [4.69, 9.17) is 9.47 Å². The molecular weight excluding hydrogens is 432 g/mol. The number of hydrogen-bond donors (Lipinski definition) is 0. The molecule has 6 atom stereocenters. The first-order chi connectivity index (χ1) is 16.5. The predicted octanol–water partition coefficient (Wildman–Crippen LogP) is 3.36. The third-order valence-electron chi connectivity index (χ3n) is 7.97. The van der Waals surface area contributed by atoms with Crippen LogP contribution in [-0.4, -0.2) is 43.5 Å². The van der Waals surface area contributed by atoms with Gasteiger partial charge in [0.15, 0.2) is 0 Å². The Bertz CT molecular complexity index is 1190. The normalized spacial score (nSPS) is 30.1. The number of imide groups is 1. The van der Waals surface area contributed by atoms with Crippen LogP contribution in [0.5, 0.6) is 11.5 Å². The second-order valence-electron chi connectivity index (χ2n) is 9.54. The molecule has 1 heterocycles. The van der Waals surface area contributed by atoms with E-state index in [9.17, 15) is 14.4 Å². The molecular formula is C27H26N2O5. The van der Waals surface area contributed by atoms with E-state index in [1.165, 1.54) is 24.0 Å². The third kappa shape index (κ3) is 2.99. The predicted molar refractivity (Wildman–Crippen MR) is 124 cm³/mol. The first kappa shape index (κ1) is 21.0. The zero-order chi connectivity index (χ0) is 23.6. The van der Waals surface area contributed by atoms with Crippen LogP contribution in [0.25, 0.3) is 0 Å². The van der Waals surface area contributed by atoms with Crippen molar-refractivity contribution in [2.75, 3.05) is 25.8 Å². The Balaban J connectivity index is 1.37. The summed E-state index contributed by atoms with van der Waals surface area (Å²) in [4.78, 5) is 43.6. The van der Waals surface area contributed by atoms with Crippen LogP contribution >= 0.6 is 0 Å². The number of nitrogens with zero attached hydrogens (tertiary/aromatic N) is 2. The molecule has 7 nitrogen and oxygen atoms in total. The molecule has 2 aromatic rings. The van der Waals surface area contributed by atoms with Gasteiger partial charge in [0.05, 0.1) is 31.7 Å². The number of hydrogen-bond acceptors (Lipinski definition) is 5. The monoisotopic (exact) mass is 458 g/mol. The van der Waals surface area contributed by atoms with Crippen molar-refractivity contribution < 1.29 is 23.9 Å². The highest BCUT2D eigenvalue weighted by Crippen LogP contribution is 2.65. The summed E-state index contributed by atoms with van der Waals surface area (Å²) in [6.45, 7) is -0.157. The number of para-hydroxylation sites is 2. The van der Waals surface area contributed by atoms with Crippen molar-refractivity contribution in [3.8, 4) is 11.5 Å². The molecule has 7 rings (SSSR count). The van der Waals surface area contributed by atoms with Gasteiger partial charge in [-0.1, -0.05) is 30.4 Å². The fraction of sp³-hybridized carbons (Fsp3) is 0.370. The van der Waals surface area contributed by atoms with Crippen molar-refractivity contribution >= 4 is 23.4 Å². The maximum absolute atomic E-state index is 13.8. The Morgan fingerprint density at radius 3 is 2.26 bits per heavy atom. The maximum atomic E-state index is 13.8. The van der Waals surface area contributed by atoms with Gasteiger partial charge in [-0.05, 0) is 60.4 Å². The van der Waals surface area contributed by atoms with Crippen LogP contribution in [0, 0.1) is 35.5 Å². The van der Waals surface area contributed by atoms with Gasteiger partial charge in [0.25, 0.3) is 5.91 Å². The minimum atomic E-state index is -0.345. The molecule has 1 aliphatic heterocycles. The SMILES string of the molecule is COc1cccc(C(=O)N(CN2C(=O)[C@@H]3[C@@H]4C=C[C@H]([C@@H]5C[C@H]45)[C@@H]3C2=O)c2ccccc2OC)c1. The molecule has 0 unspecified atom stereocenters. The van der Waals surface area contributed by atoms with Crippen LogP contribution in [0.3, 0.4) is 0 Å². The zero-order valence-corrected chi connectivity index (χ0v) is 19.1. The molecule has 7 heteroatoms. The Labute approximate surface area is 197 Å². The summed E-state index contributed by atoms with van der Waals surface area (Å²) in [5, 5.41) is 0. The fourth-order valence-electron chi connectivity index (χ4n) is 6.31. The summed E-state index contributed by atoms with van der Waals surface area (Å²) in [7, 11) is 3.07. The van der Waals surface area contributed by atoms with E-state index in [0.29, 0.717) is 34.6 Å². The summed E-state index contributed by atoms with van der Waals surface area (Å²) in [6, 6.07) is 14.0. The maximum Gasteiger partial charge on any atom is 0.260 e. The summed E-state index contributed by atoms with van der Waals surface area (Å²) in [5.74, 6) is 1.05. The topological polar surface area (TPSA) is 76.2 Å². The molecule has 0 spiro atoms. The summed E-state index contributed by atoms with van der Waals surface area (Å²) in [5.41, 5.74) is 0.891. The van der Waals surface area contributed by atoms with Crippen LogP contribution in [0.15, 0.2) is 60.7 Å². The van der Waals surface area contributed by atoms with Gasteiger partial charge in [-0.25, -0.2) is 0 Å². The highest BCUT2D eigenvalue weighted by Gasteiger charge is 2.67. The Kier molecular flexibility index (Phi) is 4.76. The molecule has 4 aliphatic carbocycles. The number of methoxy groups -OCH3 is 2. The summed E-state index contributed by atoms with van der Waals surface area (Å²) >= 11 is 0. The van der Waals surface area contributed by atoms with Crippen molar-refractivity contribution in [2.24, 2.45) is 35.5 Å². The number of likely N-dealkylation sites (tertiary alicyclic amines) is 1. The number of carbonyl (C=O) groups is 3. The van der Waals surface area contributed by atoms with E-state index < -0.39 is 0 Å². The minimum Gasteiger partial charge on any atom is -0.497 e. The third-order valence-corrected chi connectivity index (χ3v) is 7.97. The molecule has 0 aromatic heterocycles. The van der Waals surface area contributed by atoms with Gasteiger partial charge in [0.1, 0.15) is 18.2 Å². The average Bonchev–Trinajstić information content (AvgIpc) is 3.67. The smallest absolute Gasteiger partial charge is 0.260 e. The van der Waals surface area contributed by atoms with Crippen LogP contribution in [0.2, 0.25) is 0 Å². The molecule has 2 bridgehead atoms. The van der Waals surface area contributed by atoms with Crippen molar-refractivity contribution in [1.29, 1.82) is 0 Å². The summed E-state index contributed by atoms with van der Waals surface area (Å²) in [6.07, 6.45) is 5.40. The number of carbonyl (C=O) groups excluding carboxylic acids is 3. The molecule has 34 heavy (non-hydrogen) atoms. The number of allylic oxidation sites excluding steroid dienone is 2. The average molecular weight is 459 g/mol. The van der Waals surface area contributed by atoms with Crippen LogP contribution in [0.1, 0.15) is 16.8 Å². The number of benzene rings is 2. The fourth-order valence-corrected chi connectivity index (χ4v) is 6.31. The quantitative estimate of drug-likeness (QED) is 0.490. The lowest BCUT2D eigenvalue weighted by molar-refractivity contribution is -0.140. The van der Waals surface area contributed by atoms with E-state index in [2.05, 4.69) is 12.2 Å². The molecule has 174 valence electrons. The van der Waals surface area contributed by atoms with Gasteiger partial charge in [-0.3, -0.25) is 24.2 Å². The van der Waals surface area contributed by atoms with Crippen molar-refractivity contribution in [1.82, 2.24) is 4.90 Å². The van der Waals surface area contributed by atoms with Crippen LogP contribution in [-0.2, 0) is 9.59 Å². The van der Waals surface area contributed by atoms with Crippen molar-refractivity contribution in [3.63, 3.8) is 0 Å². The largest absolute Gasteiger partial charge is 0.497 e. The minimum absolute atomic E-state index is 0.134. The zero-order valence-electron chi connectivity index (χ0n) is 19.1. The van der Waals surface area contributed by atoms with E-state index in [1.54, 1.807) is 42.5 Å². The first-order valence-electron chi connectivity index (χ1n) is 11.7. The van der Waals surface area contributed by atoms with Crippen molar-refractivity contribution in [3.05, 3.63) is 66.2 Å². The lowest BCUT2D eigenvalue weighted by atomic mass is 9.63. The standard InChI is InChI=1S/C27H26N2O5/c1-33-16-7-5-6-15(12-16)25(30)28(21-8-3-4-9-22(21)34-2)14-29-26(31)23-17-10-11-18(20-13-19(17)20)24(23)27(29)32/h3-12,17-20,23-24H,13-14H2,1-2H3/t17-,18-,19-,20+,23-,24+/m1/s1. The van der Waals surface area contributed by atoms with Gasteiger partial charge in [-0.15, -0.1) is 0 Å². The number of rotatable bonds is 6. The second kappa shape index (κ2) is 7.72. The Morgan fingerprint density at radius 1 is 0.941 bits per heavy atom. The summed E-state index contributed by atoms with van der Waals surface area (Å²) < 4.78 is 10.8. The van der Waals surface area contributed by atoms with E-state index >= 15 is 0 Å². The van der Waals surface area contributed by atoms with Gasteiger partial charge in [0, 0.05) is 5.56 Å². The molecule has 2 aromatic carbocycles. The van der Waals surface area contributed by atoms with Crippen molar-refractivity contribution in [2.45, 2.75) is 6.42 Å². The van der Waals surface area contributed by atoms with E-state index in [0.717, 1.165) is 6.42 Å². The number of anilines is 1.